The lowest BCUT2D eigenvalue weighted by atomic mass is 10.1. The fraction of sp³-hybridized carbons (Fsp3) is 0.542. The molecule has 0 aliphatic heterocycles. The first-order valence-corrected chi connectivity index (χ1v) is 11.6. The standard InChI is InChI=1S/C24H36N6O4/c1-7-32-13-18-28-20-19-16(26-14(2)3)11-15(12-17(19)27-22(25)21(20)29-18)33-9-8-10-34-23(31)30-24(4,5)6/h11-12,14,26H,7-10,13H2,1-6H3,(H2,25,27)(H,28,29)(H,30,31). The van der Waals surface area contributed by atoms with E-state index >= 15 is 0 Å². The first-order chi connectivity index (χ1) is 16.1. The van der Waals surface area contributed by atoms with Gasteiger partial charge in [0.2, 0.25) is 0 Å². The van der Waals surface area contributed by atoms with Crippen molar-refractivity contribution in [3.05, 3.63) is 18.0 Å². The van der Waals surface area contributed by atoms with Crippen LogP contribution in [0.15, 0.2) is 12.1 Å². The Labute approximate surface area is 199 Å². The summed E-state index contributed by atoms with van der Waals surface area (Å²) in [5.74, 6) is 1.71. The molecule has 3 rings (SSSR count). The Balaban J connectivity index is 1.79. The zero-order chi connectivity index (χ0) is 24.9. The third-order valence-electron chi connectivity index (χ3n) is 4.73. The van der Waals surface area contributed by atoms with Gasteiger partial charge in [0.05, 0.1) is 24.1 Å². The Bertz CT molecular complexity index is 1140. The number of hydrogen-bond donors (Lipinski definition) is 4. The summed E-state index contributed by atoms with van der Waals surface area (Å²) in [4.78, 5) is 24.3. The van der Waals surface area contributed by atoms with Gasteiger partial charge >= 0.3 is 6.09 Å². The second kappa shape index (κ2) is 10.8. The Morgan fingerprint density at radius 1 is 1.21 bits per heavy atom. The van der Waals surface area contributed by atoms with E-state index in [0.717, 1.165) is 16.6 Å². The van der Waals surface area contributed by atoms with Gasteiger partial charge in [-0.25, -0.2) is 14.8 Å². The highest BCUT2D eigenvalue weighted by atomic mass is 16.5. The molecule has 34 heavy (non-hydrogen) atoms. The molecular weight excluding hydrogens is 436 g/mol. The molecule has 2 aromatic heterocycles. The van der Waals surface area contributed by atoms with E-state index in [0.29, 0.717) is 54.7 Å². The quantitative estimate of drug-likeness (QED) is 0.320. The molecule has 3 aromatic rings. The number of imidazole rings is 1. The first-order valence-electron chi connectivity index (χ1n) is 11.6. The maximum absolute atomic E-state index is 11.8. The molecule has 0 radical (unpaired) electrons. The van der Waals surface area contributed by atoms with E-state index in [-0.39, 0.29) is 18.2 Å². The number of H-pyrrole nitrogens is 1. The van der Waals surface area contributed by atoms with Gasteiger partial charge in [-0.15, -0.1) is 0 Å². The molecule has 10 nitrogen and oxygen atoms in total. The van der Waals surface area contributed by atoms with Crippen LogP contribution in [0.5, 0.6) is 5.75 Å². The molecule has 0 aliphatic rings. The maximum Gasteiger partial charge on any atom is 0.407 e. The van der Waals surface area contributed by atoms with Crippen LogP contribution in [0.1, 0.15) is 53.8 Å². The second-order valence-corrected chi connectivity index (χ2v) is 9.42. The summed E-state index contributed by atoms with van der Waals surface area (Å²) in [7, 11) is 0. The fourth-order valence-corrected chi connectivity index (χ4v) is 3.44. The second-order valence-electron chi connectivity index (χ2n) is 9.42. The number of anilines is 2. The van der Waals surface area contributed by atoms with E-state index in [9.17, 15) is 4.79 Å². The number of carbonyl (C=O) groups excluding carboxylic acids is 1. The van der Waals surface area contributed by atoms with Crippen molar-refractivity contribution in [3.63, 3.8) is 0 Å². The lowest BCUT2D eigenvalue weighted by molar-refractivity contribution is 0.129. The fourth-order valence-electron chi connectivity index (χ4n) is 3.44. The van der Waals surface area contributed by atoms with Crippen molar-refractivity contribution in [2.75, 3.05) is 30.9 Å². The highest BCUT2D eigenvalue weighted by molar-refractivity contribution is 6.12. The van der Waals surface area contributed by atoms with Gasteiger partial charge in [-0.1, -0.05) is 0 Å². The number of carbonyl (C=O) groups is 1. The normalized spacial score (nSPS) is 11.9. The molecule has 0 spiro atoms. The predicted molar refractivity (Wildman–Crippen MR) is 134 cm³/mol. The number of nitrogens with two attached hydrogens (primary N) is 1. The number of aromatic amines is 1. The molecule has 5 N–H and O–H groups in total. The minimum Gasteiger partial charge on any atom is -0.493 e. The van der Waals surface area contributed by atoms with Crippen molar-refractivity contribution in [1.29, 1.82) is 0 Å². The van der Waals surface area contributed by atoms with Gasteiger partial charge in [0.1, 0.15) is 35.0 Å². The van der Waals surface area contributed by atoms with Crippen LogP contribution in [0, 0.1) is 0 Å². The SMILES string of the molecule is CCOCc1nc2c([nH]1)c(N)nc1cc(OCCCOC(=O)NC(C)(C)C)cc(NC(C)C)c12. The number of alkyl carbamates (subject to hydrolysis) is 1. The van der Waals surface area contributed by atoms with Gasteiger partial charge < -0.3 is 35.6 Å². The number of nitrogens with one attached hydrogen (secondary N) is 3. The summed E-state index contributed by atoms with van der Waals surface area (Å²) in [6.45, 7) is 13.4. The van der Waals surface area contributed by atoms with Crippen molar-refractivity contribution >= 4 is 39.5 Å². The molecule has 0 saturated heterocycles. The summed E-state index contributed by atoms with van der Waals surface area (Å²) < 4.78 is 16.6. The zero-order valence-corrected chi connectivity index (χ0v) is 20.9. The number of hydrogen-bond acceptors (Lipinski definition) is 8. The molecule has 10 heteroatoms. The van der Waals surface area contributed by atoms with Gasteiger partial charge in [-0.2, -0.15) is 0 Å². The third kappa shape index (κ3) is 6.63. The Kier molecular flexibility index (Phi) is 8.03. The summed E-state index contributed by atoms with van der Waals surface area (Å²) in [5.41, 5.74) is 8.87. The van der Waals surface area contributed by atoms with Crippen LogP contribution in [0.3, 0.4) is 0 Å². The molecule has 0 bridgehead atoms. The average molecular weight is 473 g/mol. The average Bonchev–Trinajstić information content (AvgIpc) is 3.14. The smallest absolute Gasteiger partial charge is 0.407 e. The van der Waals surface area contributed by atoms with E-state index in [1.807, 2.05) is 39.8 Å². The van der Waals surface area contributed by atoms with Crippen molar-refractivity contribution in [2.45, 2.75) is 66.2 Å². The van der Waals surface area contributed by atoms with E-state index in [1.54, 1.807) is 0 Å². The first kappa shape index (κ1) is 25.4. The van der Waals surface area contributed by atoms with E-state index in [1.165, 1.54) is 0 Å². The van der Waals surface area contributed by atoms with Crippen LogP contribution in [0.4, 0.5) is 16.3 Å². The van der Waals surface area contributed by atoms with Crippen LogP contribution in [-0.4, -0.2) is 52.4 Å². The van der Waals surface area contributed by atoms with Crippen molar-refractivity contribution in [2.24, 2.45) is 0 Å². The lowest BCUT2D eigenvalue weighted by Gasteiger charge is -2.20. The molecule has 186 valence electrons. The highest BCUT2D eigenvalue weighted by Gasteiger charge is 2.17. The Morgan fingerprint density at radius 3 is 2.65 bits per heavy atom. The summed E-state index contributed by atoms with van der Waals surface area (Å²) >= 11 is 0. The number of ether oxygens (including phenoxy) is 3. The van der Waals surface area contributed by atoms with E-state index < -0.39 is 6.09 Å². The van der Waals surface area contributed by atoms with Crippen LogP contribution >= 0.6 is 0 Å². The predicted octanol–water partition coefficient (Wildman–Crippen LogP) is 4.34. The summed E-state index contributed by atoms with van der Waals surface area (Å²) in [6.07, 6.45) is 0.116. The minimum atomic E-state index is -0.437. The number of aromatic nitrogens is 3. The monoisotopic (exact) mass is 472 g/mol. The molecule has 0 atom stereocenters. The number of amides is 1. The number of pyridine rings is 1. The molecular formula is C24H36N6O4. The molecule has 0 fully saturated rings. The molecule has 2 heterocycles. The molecule has 0 saturated carbocycles. The largest absolute Gasteiger partial charge is 0.493 e. The highest BCUT2D eigenvalue weighted by Crippen LogP contribution is 2.35. The van der Waals surface area contributed by atoms with Crippen LogP contribution in [-0.2, 0) is 16.1 Å². The number of fused-ring (bicyclic) bond motifs is 3. The van der Waals surface area contributed by atoms with Crippen molar-refractivity contribution in [1.82, 2.24) is 20.3 Å². The zero-order valence-electron chi connectivity index (χ0n) is 20.9. The van der Waals surface area contributed by atoms with E-state index in [4.69, 9.17) is 24.9 Å². The van der Waals surface area contributed by atoms with Crippen LogP contribution < -0.4 is 21.1 Å². The summed E-state index contributed by atoms with van der Waals surface area (Å²) in [5, 5.41) is 7.09. The van der Waals surface area contributed by atoms with Crippen LogP contribution in [0.2, 0.25) is 0 Å². The lowest BCUT2D eigenvalue weighted by Crippen LogP contribution is -2.41. The van der Waals surface area contributed by atoms with Gasteiger partial charge in [0, 0.05) is 42.4 Å². The number of benzene rings is 1. The molecule has 1 amide bonds. The van der Waals surface area contributed by atoms with Crippen LogP contribution in [0.25, 0.3) is 21.9 Å². The van der Waals surface area contributed by atoms with E-state index in [2.05, 4.69) is 34.4 Å². The third-order valence-corrected chi connectivity index (χ3v) is 4.73. The van der Waals surface area contributed by atoms with Crippen molar-refractivity contribution in [3.8, 4) is 5.75 Å². The minimum absolute atomic E-state index is 0.183. The topological polar surface area (TPSA) is 136 Å². The van der Waals surface area contributed by atoms with Gasteiger partial charge in [-0.3, -0.25) is 0 Å². The van der Waals surface area contributed by atoms with Gasteiger partial charge in [-0.05, 0) is 41.5 Å². The van der Waals surface area contributed by atoms with Gasteiger partial charge in [0.25, 0.3) is 0 Å². The van der Waals surface area contributed by atoms with Gasteiger partial charge in [0.15, 0.2) is 0 Å². The number of rotatable bonds is 10. The maximum atomic E-state index is 11.8. The molecule has 1 aromatic carbocycles. The summed E-state index contributed by atoms with van der Waals surface area (Å²) in [6, 6.07) is 3.97. The Hall–Kier alpha value is -3.27. The molecule has 0 aliphatic carbocycles. The number of nitrogen functional groups attached to an aromatic ring is 1. The Morgan fingerprint density at radius 2 is 1.97 bits per heavy atom. The number of nitrogens with zero attached hydrogens (tertiary/aromatic N) is 2. The van der Waals surface area contributed by atoms with Crippen molar-refractivity contribution < 1.29 is 19.0 Å². The molecule has 0 unspecified atom stereocenters.